The third-order valence-electron chi connectivity index (χ3n) is 2.33. The monoisotopic (exact) mass is 265 g/mol. The number of halogens is 2. The molecular weight excluding hydrogens is 257 g/mol. The van der Waals surface area contributed by atoms with Crippen molar-refractivity contribution in [2.24, 2.45) is 0 Å². The van der Waals surface area contributed by atoms with Crippen LogP contribution in [0.2, 0.25) is 10.0 Å². The molecule has 0 saturated heterocycles. The summed E-state index contributed by atoms with van der Waals surface area (Å²) in [7, 11) is 0. The van der Waals surface area contributed by atoms with Crippen molar-refractivity contribution in [3.8, 4) is 0 Å². The maximum absolute atomic E-state index is 12.0. The van der Waals surface area contributed by atoms with E-state index in [1.807, 2.05) is 12.1 Å². The lowest BCUT2D eigenvalue weighted by Crippen LogP contribution is -2.04. The molecule has 0 amide bonds. The number of hydrogen-bond donors (Lipinski definition) is 0. The Morgan fingerprint density at radius 3 is 2.76 bits per heavy atom. The minimum atomic E-state index is -0.0420. The second-order valence-corrected chi connectivity index (χ2v) is 4.43. The number of hydrogen-bond acceptors (Lipinski definition) is 2. The van der Waals surface area contributed by atoms with Crippen molar-refractivity contribution in [1.82, 2.24) is 4.98 Å². The van der Waals surface area contributed by atoms with Gasteiger partial charge in [-0.05, 0) is 23.8 Å². The molecule has 0 atom stereocenters. The van der Waals surface area contributed by atoms with E-state index in [9.17, 15) is 4.79 Å². The molecule has 17 heavy (non-hydrogen) atoms. The van der Waals surface area contributed by atoms with Crippen molar-refractivity contribution in [2.75, 3.05) is 0 Å². The molecule has 0 unspecified atom stereocenters. The highest BCUT2D eigenvalue weighted by atomic mass is 35.5. The van der Waals surface area contributed by atoms with Crippen LogP contribution in [-0.2, 0) is 6.42 Å². The van der Waals surface area contributed by atoms with Crippen molar-refractivity contribution in [1.29, 1.82) is 0 Å². The van der Waals surface area contributed by atoms with E-state index in [-0.39, 0.29) is 12.2 Å². The largest absolute Gasteiger partial charge is 0.294 e. The number of carbonyl (C=O) groups excluding carboxylic acids is 1. The van der Waals surface area contributed by atoms with Gasteiger partial charge in [0.15, 0.2) is 5.78 Å². The Hall–Kier alpha value is -1.38. The highest BCUT2D eigenvalue weighted by molar-refractivity contribution is 6.33. The molecule has 0 aliphatic heterocycles. The summed E-state index contributed by atoms with van der Waals surface area (Å²) in [6.07, 6.45) is 3.30. The molecule has 2 aromatic rings. The topological polar surface area (TPSA) is 30.0 Å². The molecule has 0 aliphatic carbocycles. The molecular formula is C13H9Cl2NO. The number of nitrogens with zero attached hydrogens (tertiary/aromatic N) is 1. The van der Waals surface area contributed by atoms with E-state index in [1.54, 1.807) is 24.4 Å². The van der Waals surface area contributed by atoms with Gasteiger partial charge in [0, 0.05) is 29.4 Å². The lowest BCUT2D eigenvalue weighted by Gasteiger charge is -2.03. The van der Waals surface area contributed by atoms with Gasteiger partial charge in [0.05, 0.1) is 5.02 Å². The minimum Gasteiger partial charge on any atom is -0.294 e. The molecule has 0 N–H and O–H groups in total. The van der Waals surface area contributed by atoms with E-state index in [0.29, 0.717) is 15.6 Å². The Bertz CT molecular complexity index is 555. The molecule has 0 aliphatic rings. The predicted octanol–water partition coefficient (Wildman–Crippen LogP) is 3.81. The summed E-state index contributed by atoms with van der Waals surface area (Å²) in [5.74, 6) is -0.0420. The van der Waals surface area contributed by atoms with Crippen LogP contribution in [0.15, 0.2) is 42.7 Å². The van der Waals surface area contributed by atoms with E-state index < -0.39 is 0 Å². The average Bonchev–Trinajstić information content (AvgIpc) is 2.29. The van der Waals surface area contributed by atoms with Crippen LogP contribution in [-0.4, -0.2) is 10.8 Å². The van der Waals surface area contributed by atoms with E-state index in [2.05, 4.69) is 4.98 Å². The first-order valence-electron chi connectivity index (χ1n) is 5.04. The van der Waals surface area contributed by atoms with E-state index in [0.717, 1.165) is 5.56 Å². The average molecular weight is 266 g/mol. The highest BCUT2D eigenvalue weighted by Crippen LogP contribution is 2.17. The first-order valence-corrected chi connectivity index (χ1v) is 5.79. The number of carbonyl (C=O) groups is 1. The molecule has 0 spiro atoms. The van der Waals surface area contributed by atoms with Gasteiger partial charge in [-0.15, -0.1) is 0 Å². The van der Waals surface area contributed by atoms with Gasteiger partial charge in [0.2, 0.25) is 0 Å². The van der Waals surface area contributed by atoms with Crippen LogP contribution < -0.4 is 0 Å². The summed E-state index contributed by atoms with van der Waals surface area (Å²) in [5, 5.41) is 0.996. The first-order chi connectivity index (χ1) is 8.16. The fraction of sp³-hybridized carbons (Fsp3) is 0.0769. The molecule has 4 heteroatoms. The Balaban J connectivity index is 2.20. The Labute approximate surface area is 109 Å². The van der Waals surface area contributed by atoms with Gasteiger partial charge in [-0.3, -0.25) is 9.78 Å². The number of pyridine rings is 1. The standard InChI is InChI=1S/C13H9Cl2NO/c14-10-3-1-2-9(6-10)7-13(17)11-4-5-16-8-12(11)15/h1-6,8H,7H2. The van der Waals surface area contributed by atoms with Crippen LogP contribution in [0.4, 0.5) is 0 Å². The van der Waals surface area contributed by atoms with Crippen molar-refractivity contribution >= 4 is 29.0 Å². The molecule has 1 aromatic heterocycles. The van der Waals surface area contributed by atoms with Gasteiger partial charge < -0.3 is 0 Å². The number of Topliss-reactive ketones (excluding diaryl/α,β-unsaturated/α-hetero) is 1. The Morgan fingerprint density at radius 1 is 1.24 bits per heavy atom. The molecule has 1 heterocycles. The Morgan fingerprint density at radius 2 is 2.06 bits per heavy atom. The molecule has 0 bridgehead atoms. The molecule has 1 aromatic carbocycles. The van der Waals surface area contributed by atoms with Gasteiger partial charge in [-0.2, -0.15) is 0 Å². The number of rotatable bonds is 3. The smallest absolute Gasteiger partial charge is 0.168 e. The Kier molecular flexibility index (Phi) is 3.77. The van der Waals surface area contributed by atoms with Crippen LogP contribution in [0.3, 0.4) is 0 Å². The van der Waals surface area contributed by atoms with Crippen LogP contribution in [0.25, 0.3) is 0 Å². The number of aromatic nitrogens is 1. The van der Waals surface area contributed by atoms with Crippen LogP contribution in [0, 0.1) is 0 Å². The summed E-state index contributed by atoms with van der Waals surface area (Å²) in [5.41, 5.74) is 1.36. The number of ketones is 1. The second-order valence-electron chi connectivity index (χ2n) is 3.59. The fourth-order valence-corrected chi connectivity index (χ4v) is 1.97. The van der Waals surface area contributed by atoms with Gasteiger partial charge in [-0.1, -0.05) is 35.3 Å². The summed E-state index contributed by atoms with van der Waals surface area (Å²) in [6.45, 7) is 0. The van der Waals surface area contributed by atoms with E-state index >= 15 is 0 Å². The van der Waals surface area contributed by atoms with Gasteiger partial charge >= 0.3 is 0 Å². The van der Waals surface area contributed by atoms with Crippen molar-refractivity contribution < 1.29 is 4.79 Å². The van der Waals surface area contributed by atoms with E-state index in [1.165, 1.54) is 6.20 Å². The van der Waals surface area contributed by atoms with Crippen molar-refractivity contribution in [3.05, 3.63) is 63.9 Å². The SMILES string of the molecule is O=C(Cc1cccc(Cl)c1)c1ccncc1Cl. The quantitative estimate of drug-likeness (QED) is 0.790. The van der Waals surface area contributed by atoms with Crippen molar-refractivity contribution in [3.63, 3.8) is 0 Å². The van der Waals surface area contributed by atoms with Crippen LogP contribution >= 0.6 is 23.2 Å². The molecule has 0 fully saturated rings. The van der Waals surface area contributed by atoms with Crippen LogP contribution in [0.1, 0.15) is 15.9 Å². The van der Waals surface area contributed by atoms with Crippen LogP contribution in [0.5, 0.6) is 0 Å². The highest BCUT2D eigenvalue weighted by Gasteiger charge is 2.10. The van der Waals surface area contributed by atoms with Gasteiger partial charge in [-0.25, -0.2) is 0 Å². The minimum absolute atomic E-state index is 0.0420. The third kappa shape index (κ3) is 3.05. The maximum atomic E-state index is 12.0. The summed E-state index contributed by atoms with van der Waals surface area (Å²) < 4.78 is 0. The molecule has 86 valence electrons. The van der Waals surface area contributed by atoms with Crippen molar-refractivity contribution in [2.45, 2.75) is 6.42 Å². The zero-order chi connectivity index (χ0) is 12.3. The summed E-state index contributed by atoms with van der Waals surface area (Å²) in [4.78, 5) is 15.8. The maximum Gasteiger partial charge on any atom is 0.168 e. The number of benzene rings is 1. The zero-order valence-corrected chi connectivity index (χ0v) is 10.4. The van der Waals surface area contributed by atoms with Gasteiger partial charge in [0.25, 0.3) is 0 Å². The lowest BCUT2D eigenvalue weighted by atomic mass is 10.0. The predicted molar refractivity (Wildman–Crippen MR) is 68.7 cm³/mol. The summed E-state index contributed by atoms with van der Waals surface area (Å²) in [6, 6.07) is 8.84. The second kappa shape index (κ2) is 5.30. The lowest BCUT2D eigenvalue weighted by molar-refractivity contribution is 0.0993. The normalized spacial score (nSPS) is 10.2. The zero-order valence-electron chi connectivity index (χ0n) is 8.86. The fourth-order valence-electron chi connectivity index (χ4n) is 1.53. The first kappa shape index (κ1) is 12.1. The molecule has 0 radical (unpaired) electrons. The van der Waals surface area contributed by atoms with Gasteiger partial charge in [0.1, 0.15) is 0 Å². The molecule has 0 saturated carbocycles. The summed E-state index contributed by atoms with van der Waals surface area (Å²) >= 11 is 11.8. The third-order valence-corrected chi connectivity index (χ3v) is 2.86. The van der Waals surface area contributed by atoms with E-state index in [4.69, 9.17) is 23.2 Å². The molecule has 2 nitrogen and oxygen atoms in total. The molecule has 2 rings (SSSR count).